The highest BCUT2D eigenvalue weighted by atomic mass is 19.4. The summed E-state index contributed by atoms with van der Waals surface area (Å²) in [7, 11) is 0. The van der Waals surface area contributed by atoms with Crippen LogP contribution in [0, 0.1) is 11.8 Å². The van der Waals surface area contributed by atoms with Gasteiger partial charge in [0, 0.05) is 11.5 Å². The van der Waals surface area contributed by atoms with Crippen LogP contribution in [0.25, 0.3) is 0 Å². The third-order valence-corrected chi connectivity index (χ3v) is 2.73. The fourth-order valence-electron chi connectivity index (χ4n) is 1.62. The lowest BCUT2D eigenvalue weighted by Crippen LogP contribution is -2.05. The second-order valence-corrected chi connectivity index (χ2v) is 4.39. The largest absolute Gasteiger partial charge is 0.451 e. The number of halogens is 3. The van der Waals surface area contributed by atoms with Crippen molar-refractivity contribution in [3.63, 3.8) is 0 Å². The van der Waals surface area contributed by atoms with E-state index < -0.39 is 17.7 Å². The quantitative estimate of drug-likeness (QED) is 0.623. The summed E-state index contributed by atoms with van der Waals surface area (Å²) in [5.41, 5.74) is 0.392. The van der Waals surface area contributed by atoms with Gasteiger partial charge in [-0.3, -0.25) is 0 Å². The minimum absolute atomic E-state index is 0.125. The summed E-state index contributed by atoms with van der Waals surface area (Å²) >= 11 is 0. The van der Waals surface area contributed by atoms with Gasteiger partial charge in [0.25, 0.3) is 0 Å². The van der Waals surface area contributed by atoms with E-state index in [9.17, 15) is 18.0 Å². The molecule has 0 amide bonds. The zero-order chi connectivity index (χ0) is 16.0. The van der Waals surface area contributed by atoms with Gasteiger partial charge in [0.2, 0.25) is 0 Å². The number of carbonyl (C=O) groups is 1. The van der Waals surface area contributed by atoms with E-state index in [4.69, 9.17) is 4.74 Å². The molecule has 112 valence electrons. The van der Waals surface area contributed by atoms with Crippen LogP contribution >= 0.6 is 0 Å². The summed E-state index contributed by atoms with van der Waals surface area (Å²) in [6, 6.07) is 13.3. The normalized spacial score (nSPS) is 10.5. The van der Waals surface area contributed by atoms with Crippen LogP contribution in [0.15, 0.2) is 54.6 Å². The first-order valence-electron chi connectivity index (χ1n) is 6.35. The highest BCUT2D eigenvalue weighted by Gasteiger charge is 2.29. The molecular weight excluding hydrogens is 293 g/mol. The zero-order valence-electron chi connectivity index (χ0n) is 11.4. The van der Waals surface area contributed by atoms with E-state index >= 15 is 0 Å². The van der Waals surface area contributed by atoms with Crippen molar-refractivity contribution in [2.45, 2.75) is 12.8 Å². The molecule has 2 nitrogen and oxygen atoms in total. The summed E-state index contributed by atoms with van der Waals surface area (Å²) in [5, 5.41) is 0. The van der Waals surface area contributed by atoms with E-state index in [0.717, 1.165) is 12.1 Å². The molecule has 2 aromatic rings. The number of alkyl halides is 3. The summed E-state index contributed by atoms with van der Waals surface area (Å²) in [6.07, 6.45) is -4.38. The van der Waals surface area contributed by atoms with Gasteiger partial charge in [-0.15, -0.1) is 0 Å². The van der Waals surface area contributed by atoms with Crippen LogP contribution in [0.3, 0.4) is 0 Å². The van der Waals surface area contributed by atoms with Gasteiger partial charge in [0.05, 0.1) is 5.56 Å². The first-order chi connectivity index (χ1) is 10.4. The van der Waals surface area contributed by atoms with Crippen LogP contribution in [0.4, 0.5) is 13.2 Å². The Labute approximate surface area is 125 Å². The maximum atomic E-state index is 12.4. The third-order valence-electron chi connectivity index (χ3n) is 2.73. The Bertz CT molecular complexity index is 693. The molecule has 0 aliphatic carbocycles. The fourth-order valence-corrected chi connectivity index (χ4v) is 1.62. The average molecular weight is 304 g/mol. The second-order valence-electron chi connectivity index (χ2n) is 4.39. The van der Waals surface area contributed by atoms with Gasteiger partial charge in [0.15, 0.2) is 0 Å². The molecule has 0 atom stereocenters. The van der Waals surface area contributed by atoms with Crippen molar-refractivity contribution >= 4 is 5.97 Å². The standard InChI is InChI=1S/C17H11F3O2/c18-17(19,20)15-9-6-14(7-10-15)12-22-16(21)11-8-13-4-2-1-3-5-13/h1-7,9-10H,12H2. The van der Waals surface area contributed by atoms with Crippen LogP contribution in [0.5, 0.6) is 0 Å². The van der Waals surface area contributed by atoms with Crippen molar-refractivity contribution in [3.8, 4) is 11.8 Å². The number of carbonyl (C=O) groups excluding carboxylic acids is 1. The van der Waals surface area contributed by atoms with Gasteiger partial charge in [-0.25, -0.2) is 4.79 Å². The van der Waals surface area contributed by atoms with Gasteiger partial charge < -0.3 is 4.74 Å². The minimum Gasteiger partial charge on any atom is -0.451 e. The Morgan fingerprint density at radius 3 is 2.23 bits per heavy atom. The topological polar surface area (TPSA) is 26.3 Å². The SMILES string of the molecule is O=C(C#Cc1ccccc1)OCc1ccc(C(F)(F)F)cc1. The Hall–Kier alpha value is -2.74. The summed E-state index contributed by atoms with van der Waals surface area (Å²) < 4.78 is 42.1. The fraction of sp³-hybridized carbons (Fsp3) is 0.118. The molecule has 0 aromatic heterocycles. The van der Waals surface area contributed by atoms with Gasteiger partial charge in [0.1, 0.15) is 6.61 Å². The highest BCUT2D eigenvalue weighted by Crippen LogP contribution is 2.29. The predicted octanol–water partition coefficient (Wildman–Crippen LogP) is 3.80. The first-order valence-corrected chi connectivity index (χ1v) is 6.35. The minimum atomic E-state index is -4.38. The molecule has 0 spiro atoms. The lowest BCUT2D eigenvalue weighted by molar-refractivity contribution is -0.139. The van der Waals surface area contributed by atoms with Crippen molar-refractivity contribution in [2.75, 3.05) is 0 Å². The van der Waals surface area contributed by atoms with E-state index in [1.165, 1.54) is 12.1 Å². The number of rotatable bonds is 2. The molecule has 2 aromatic carbocycles. The number of esters is 1. The molecule has 0 unspecified atom stereocenters. The van der Waals surface area contributed by atoms with Crippen molar-refractivity contribution in [1.29, 1.82) is 0 Å². The molecule has 0 saturated carbocycles. The molecule has 2 rings (SSSR count). The highest BCUT2D eigenvalue weighted by molar-refractivity contribution is 5.89. The summed E-state index contributed by atoms with van der Waals surface area (Å²) in [5.74, 6) is 4.22. The van der Waals surface area contributed by atoms with Crippen LogP contribution in [0.2, 0.25) is 0 Å². The van der Waals surface area contributed by atoms with E-state index in [2.05, 4.69) is 11.8 Å². The van der Waals surface area contributed by atoms with Crippen LogP contribution < -0.4 is 0 Å². The molecule has 0 bridgehead atoms. The molecular formula is C17H11F3O2. The average Bonchev–Trinajstić information content (AvgIpc) is 2.51. The smallest absolute Gasteiger partial charge is 0.416 e. The molecule has 0 aliphatic heterocycles. The third kappa shape index (κ3) is 4.67. The molecule has 0 aliphatic rings. The van der Waals surface area contributed by atoms with E-state index in [0.29, 0.717) is 11.1 Å². The molecule has 22 heavy (non-hydrogen) atoms. The van der Waals surface area contributed by atoms with Gasteiger partial charge in [-0.1, -0.05) is 36.3 Å². The Morgan fingerprint density at radius 2 is 1.64 bits per heavy atom. The second kappa shape index (κ2) is 6.81. The lowest BCUT2D eigenvalue weighted by atomic mass is 10.1. The van der Waals surface area contributed by atoms with E-state index in [1.54, 1.807) is 24.3 Å². The lowest BCUT2D eigenvalue weighted by Gasteiger charge is -2.07. The Kier molecular flexibility index (Phi) is 4.84. The number of hydrogen-bond donors (Lipinski definition) is 0. The monoisotopic (exact) mass is 304 g/mol. The van der Waals surface area contributed by atoms with Gasteiger partial charge in [-0.2, -0.15) is 13.2 Å². The van der Waals surface area contributed by atoms with Crippen molar-refractivity contribution in [3.05, 3.63) is 71.3 Å². The van der Waals surface area contributed by atoms with Gasteiger partial charge in [-0.05, 0) is 29.8 Å². The Morgan fingerprint density at radius 1 is 1.00 bits per heavy atom. The molecule has 0 saturated heterocycles. The maximum absolute atomic E-state index is 12.4. The van der Waals surface area contributed by atoms with Crippen LogP contribution in [-0.4, -0.2) is 5.97 Å². The first kappa shape index (κ1) is 15.6. The molecule has 0 radical (unpaired) electrons. The predicted molar refractivity (Wildman–Crippen MR) is 74.6 cm³/mol. The Balaban J connectivity index is 1.90. The van der Waals surface area contributed by atoms with Crippen LogP contribution in [-0.2, 0) is 22.3 Å². The molecule has 0 heterocycles. The number of benzene rings is 2. The summed E-state index contributed by atoms with van der Waals surface area (Å²) in [6.45, 7) is -0.125. The van der Waals surface area contributed by atoms with Crippen molar-refractivity contribution in [1.82, 2.24) is 0 Å². The van der Waals surface area contributed by atoms with Crippen LogP contribution in [0.1, 0.15) is 16.7 Å². The van der Waals surface area contributed by atoms with Crippen molar-refractivity contribution < 1.29 is 22.7 Å². The zero-order valence-corrected chi connectivity index (χ0v) is 11.4. The number of hydrogen-bond acceptors (Lipinski definition) is 2. The molecule has 0 fully saturated rings. The van der Waals surface area contributed by atoms with E-state index in [-0.39, 0.29) is 6.61 Å². The van der Waals surface area contributed by atoms with Gasteiger partial charge >= 0.3 is 12.1 Å². The van der Waals surface area contributed by atoms with Crippen molar-refractivity contribution in [2.24, 2.45) is 0 Å². The molecule has 5 heteroatoms. The van der Waals surface area contributed by atoms with E-state index in [1.807, 2.05) is 6.07 Å². The maximum Gasteiger partial charge on any atom is 0.416 e. The number of ether oxygens (including phenoxy) is 1. The summed E-state index contributed by atoms with van der Waals surface area (Å²) in [4.78, 5) is 11.4. The molecule has 0 N–H and O–H groups in total.